The topological polar surface area (TPSA) is 59.9 Å². The molecular formula is C19H21ClN2O3. The largest absolute Gasteiger partial charge is 0.493 e. The molecule has 0 bridgehead atoms. The van der Waals surface area contributed by atoms with Gasteiger partial charge in [0.2, 0.25) is 0 Å². The molecule has 0 aromatic heterocycles. The number of ether oxygens (including phenoxy) is 2. The zero-order valence-electron chi connectivity index (χ0n) is 14.5. The van der Waals surface area contributed by atoms with Crippen molar-refractivity contribution in [3.63, 3.8) is 0 Å². The summed E-state index contributed by atoms with van der Waals surface area (Å²) in [5.41, 5.74) is 4.14. The van der Waals surface area contributed by atoms with Crippen LogP contribution in [-0.4, -0.2) is 24.8 Å². The summed E-state index contributed by atoms with van der Waals surface area (Å²) < 4.78 is 11.1. The highest BCUT2D eigenvalue weighted by Gasteiger charge is 2.14. The summed E-state index contributed by atoms with van der Waals surface area (Å²) in [5.74, 6) is 0.942. The smallest absolute Gasteiger partial charge is 0.280 e. The van der Waals surface area contributed by atoms with Crippen LogP contribution in [0.5, 0.6) is 11.5 Å². The van der Waals surface area contributed by atoms with E-state index < -0.39 is 6.10 Å². The molecule has 1 atom stereocenters. The van der Waals surface area contributed by atoms with E-state index >= 15 is 0 Å². The van der Waals surface area contributed by atoms with Gasteiger partial charge in [0.05, 0.1) is 12.8 Å². The van der Waals surface area contributed by atoms with E-state index in [0.29, 0.717) is 23.1 Å². The highest BCUT2D eigenvalue weighted by Crippen LogP contribution is 2.22. The fourth-order valence-electron chi connectivity index (χ4n) is 2.08. The predicted molar refractivity (Wildman–Crippen MR) is 99.6 cm³/mol. The maximum absolute atomic E-state index is 12.1. The molecular weight excluding hydrogens is 340 g/mol. The van der Waals surface area contributed by atoms with Crippen molar-refractivity contribution in [1.29, 1.82) is 0 Å². The van der Waals surface area contributed by atoms with Gasteiger partial charge in [0.1, 0.15) is 11.5 Å². The molecule has 5 nitrogen and oxygen atoms in total. The number of carbonyl (C=O) groups is 1. The quantitative estimate of drug-likeness (QED) is 0.600. The first kappa shape index (κ1) is 18.8. The summed E-state index contributed by atoms with van der Waals surface area (Å²) >= 11 is 5.98. The Hall–Kier alpha value is -2.53. The Morgan fingerprint density at radius 3 is 2.80 bits per heavy atom. The average Bonchev–Trinajstić information content (AvgIpc) is 2.59. The molecule has 1 unspecified atom stereocenters. The number of hydrogen-bond acceptors (Lipinski definition) is 4. The lowest BCUT2D eigenvalue weighted by molar-refractivity contribution is -0.127. The van der Waals surface area contributed by atoms with Crippen LogP contribution in [-0.2, 0) is 4.79 Å². The fourth-order valence-corrected chi connectivity index (χ4v) is 2.20. The molecule has 0 aliphatic carbocycles. The second-order valence-electron chi connectivity index (χ2n) is 5.38. The van der Waals surface area contributed by atoms with Crippen LogP contribution >= 0.6 is 11.6 Å². The number of rotatable bonds is 7. The molecule has 132 valence electrons. The van der Waals surface area contributed by atoms with E-state index in [1.54, 1.807) is 31.3 Å². The monoisotopic (exact) mass is 360 g/mol. The molecule has 0 aliphatic rings. The van der Waals surface area contributed by atoms with Gasteiger partial charge >= 0.3 is 0 Å². The number of benzene rings is 2. The van der Waals surface area contributed by atoms with Crippen molar-refractivity contribution in [3.8, 4) is 11.5 Å². The van der Waals surface area contributed by atoms with Crippen LogP contribution in [0.1, 0.15) is 25.0 Å². The normalized spacial score (nSPS) is 12.0. The Balaban J connectivity index is 1.94. The van der Waals surface area contributed by atoms with Gasteiger partial charge in [-0.3, -0.25) is 4.79 Å². The van der Waals surface area contributed by atoms with Crippen LogP contribution in [0.2, 0.25) is 5.02 Å². The van der Waals surface area contributed by atoms with Gasteiger partial charge in [0, 0.05) is 10.6 Å². The molecule has 0 spiro atoms. The SMILES string of the molecule is CCOc1ccccc1/C=N/NC(=O)C(C)Oc1ccc(Cl)c(C)c1. The van der Waals surface area contributed by atoms with E-state index in [4.69, 9.17) is 21.1 Å². The first-order valence-electron chi connectivity index (χ1n) is 7.98. The minimum atomic E-state index is -0.695. The second kappa shape index (κ2) is 9.08. The van der Waals surface area contributed by atoms with Gasteiger partial charge in [0.25, 0.3) is 5.91 Å². The van der Waals surface area contributed by atoms with Crippen molar-refractivity contribution < 1.29 is 14.3 Å². The number of carbonyl (C=O) groups excluding carboxylic acids is 1. The van der Waals surface area contributed by atoms with E-state index in [9.17, 15) is 4.79 Å². The van der Waals surface area contributed by atoms with E-state index in [2.05, 4.69) is 10.5 Å². The number of para-hydroxylation sites is 1. The van der Waals surface area contributed by atoms with Crippen molar-refractivity contribution in [2.45, 2.75) is 26.9 Å². The predicted octanol–water partition coefficient (Wildman–Crippen LogP) is 3.96. The van der Waals surface area contributed by atoms with Crippen LogP contribution in [0.3, 0.4) is 0 Å². The molecule has 0 saturated carbocycles. The third kappa shape index (κ3) is 5.50. The summed E-state index contributed by atoms with van der Waals surface area (Å²) in [5, 5.41) is 4.63. The fraction of sp³-hybridized carbons (Fsp3) is 0.263. The standard InChI is InChI=1S/C19H21ClN2O3/c1-4-24-18-8-6-5-7-15(18)12-21-22-19(23)14(3)25-16-9-10-17(20)13(2)11-16/h5-12,14H,4H2,1-3H3,(H,22,23)/b21-12+. The Morgan fingerprint density at radius 2 is 2.08 bits per heavy atom. The Kier molecular flexibility index (Phi) is 6.83. The summed E-state index contributed by atoms with van der Waals surface area (Å²) in [6.07, 6.45) is 0.849. The zero-order valence-corrected chi connectivity index (χ0v) is 15.2. The van der Waals surface area contributed by atoms with Gasteiger partial charge in [-0.2, -0.15) is 5.10 Å². The third-order valence-electron chi connectivity index (χ3n) is 3.41. The van der Waals surface area contributed by atoms with Crippen molar-refractivity contribution in [3.05, 3.63) is 58.6 Å². The van der Waals surface area contributed by atoms with Crippen molar-refractivity contribution >= 4 is 23.7 Å². The van der Waals surface area contributed by atoms with E-state index in [1.165, 1.54) is 0 Å². The lowest BCUT2D eigenvalue weighted by atomic mass is 10.2. The van der Waals surface area contributed by atoms with Crippen LogP contribution in [0.15, 0.2) is 47.6 Å². The van der Waals surface area contributed by atoms with E-state index in [0.717, 1.165) is 11.1 Å². The Labute approximate surface area is 152 Å². The second-order valence-corrected chi connectivity index (χ2v) is 5.78. The summed E-state index contributed by atoms with van der Waals surface area (Å²) in [7, 11) is 0. The summed E-state index contributed by atoms with van der Waals surface area (Å²) in [6.45, 7) is 6.00. The van der Waals surface area contributed by atoms with Crippen LogP contribution in [0.4, 0.5) is 0 Å². The van der Waals surface area contributed by atoms with Crippen LogP contribution in [0, 0.1) is 6.92 Å². The molecule has 1 N–H and O–H groups in total. The summed E-state index contributed by atoms with van der Waals surface area (Å²) in [4.78, 5) is 12.1. The van der Waals surface area contributed by atoms with Gasteiger partial charge in [0.15, 0.2) is 6.10 Å². The first-order chi connectivity index (χ1) is 12.0. The minimum absolute atomic E-state index is 0.349. The first-order valence-corrected chi connectivity index (χ1v) is 8.36. The maximum Gasteiger partial charge on any atom is 0.280 e. The van der Waals surface area contributed by atoms with Gasteiger partial charge in [-0.25, -0.2) is 5.43 Å². The number of hydrogen-bond donors (Lipinski definition) is 1. The lowest BCUT2D eigenvalue weighted by Gasteiger charge is -2.13. The third-order valence-corrected chi connectivity index (χ3v) is 3.83. The Bertz CT molecular complexity index is 762. The van der Waals surface area contributed by atoms with Crippen molar-refractivity contribution in [2.75, 3.05) is 6.61 Å². The molecule has 0 aliphatic heterocycles. The number of halogens is 1. The Morgan fingerprint density at radius 1 is 1.32 bits per heavy atom. The minimum Gasteiger partial charge on any atom is -0.493 e. The van der Waals surface area contributed by atoms with Gasteiger partial charge in [-0.1, -0.05) is 23.7 Å². The molecule has 0 saturated heterocycles. The zero-order chi connectivity index (χ0) is 18.2. The highest BCUT2D eigenvalue weighted by atomic mass is 35.5. The molecule has 1 amide bonds. The van der Waals surface area contributed by atoms with Gasteiger partial charge in [-0.15, -0.1) is 0 Å². The number of amides is 1. The molecule has 0 radical (unpaired) electrons. The van der Waals surface area contributed by atoms with Gasteiger partial charge in [-0.05, 0) is 56.7 Å². The molecule has 2 rings (SSSR count). The molecule has 0 heterocycles. The van der Waals surface area contributed by atoms with Crippen molar-refractivity contribution in [1.82, 2.24) is 5.43 Å². The molecule has 2 aromatic carbocycles. The molecule has 25 heavy (non-hydrogen) atoms. The number of hydrazone groups is 1. The van der Waals surface area contributed by atoms with E-state index in [1.807, 2.05) is 38.1 Å². The summed E-state index contributed by atoms with van der Waals surface area (Å²) in [6, 6.07) is 12.7. The van der Waals surface area contributed by atoms with Crippen molar-refractivity contribution in [2.24, 2.45) is 5.10 Å². The van der Waals surface area contributed by atoms with E-state index in [-0.39, 0.29) is 5.91 Å². The maximum atomic E-state index is 12.1. The molecule has 2 aromatic rings. The number of nitrogens with one attached hydrogen (secondary N) is 1. The molecule has 0 fully saturated rings. The van der Waals surface area contributed by atoms with Gasteiger partial charge < -0.3 is 9.47 Å². The highest BCUT2D eigenvalue weighted by molar-refractivity contribution is 6.31. The van der Waals surface area contributed by atoms with Crippen LogP contribution < -0.4 is 14.9 Å². The number of nitrogens with zero attached hydrogens (tertiary/aromatic N) is 1. The average molecular weight is 361 g/mol. The number of aryl methyl sites for hydroxylation is 1. The lowest BCUT2D eigenvalue weighted by Crippen LogP contribution is -2.33. The molecule has 6 heteroatoms. The van der Waals surface area contributed by atoms with Crippen LogP contribution in [0.25, 0.3) is 0 Å².